The van der Waals surface area contributed by atoms with Gasteiger partial charge in [0, 0.05) is 18.6 Å². The van der Waals surface area contributed by atoms with Gasteiger partial charge in [0.15, 0.2) is 0 Å². The first-order chi connectivity index (χ1) is 8.58. The topological polar surface area (TPSA) is 109 Å². The zero-order valence-corrected chi connectivity index (χ0v) is 9.16. The van der Waals surface area contributed by atoms with Crippen molar-refractivity contribution in [2.24, 2.45) is 0 Å². The van der Waals surface area contributed by atoms with Gasteiger partial charge in [-0.05, 0) is 5.56 Å². The standard InChI is InChI=1S/C11H9N3O4/c15-11(16)9-6-12-13-10(9)5-7-1-3-8(4-2-7)14(17)18/h1-4,6H,5H2,(H,12,13)(H,15,16). The molecular formula is C11H9N3O4. The van der Waals surface area contributed by atoms with E-state index in [-0.39, 0.29) is 11.3 Å². The summed E-state index contributed by atoms with van der Waals surface area (Å²) in [4.78, 5) is 20.9. The Labute approximate surface area is 101 Å². The fraction of sp³-hybridized carbons (Fsp3) is 0.0909. The quantitative estimate of drug-likeness (QED) is 0.630. The van der Waals surface area contributed by atoms with Gasteiger partial charge in [0.05, 0.1) is 16.8 Å². The van der Waals surface area contributed by atoms with Crippen molar-refractivity contribution in [2.45, 2.75) is 6.42 Å². The lowest BCUT2D eigenvalue weighted by Gasteiger charge is -2.00. The van der Waals surface area contributed by atoms with Crippen LogP contribution >= 0.6 is 0 Å². The molecule has 1 heterocycles. The Bertz CT molecular complexity index is 589. The highest BCUT2D eigenvalue weighted by atomic mass is 16.6. The van der Waals surface area contributed by atoms with Crippen LogP contribution in [0.4, 0.5) is 5.69 Å². The SMILES string of the molecule is O=C(O)c1cn[nH]c1Cc1ccc([N+](=O)[O-])cc1. The van der Waals surface area contributed by atoms with Gasteiger partial charge in [0.1, 0.15) is 5.56 Å². The van der Waals surface area contributed by atoms with Crippen LogP contribution in [0.5, 0.6) is 0 Å². The number of carboxylic acids is 1. The van der Waals surface area contributed by atoms with Crippen LogP contribution in [0, 0.1) is 10.1 Å². The number of rotatable bonds is 4. The van der Waals surface area contributed by atoms with E-state index in [0.717, 1.165) is 5.56 Å². The van der Waals surface area contributed by atoms with Gasteiger partial charge in [-0.3, -0.25) is 15.2 Å². The lowest BCUT2D eigenvalue weighted by atomic mass is 10.1. The number of hydrogen-bond acceptors (Lipinski definition) is 4. The minimum Gasteiger partial charge on any atom is -0.478 e. The van der Waals surface area contributed by atoms with Crippen molar-refractivity contribution >= 4 is 11.7 Å². The predicted molar refractivity (Wildman–Crippen MR) is 61.4 cm³/mol. The van der Waals surface area contributed by atoms with E-state index in [1.807, 2.05) is 0 Å². The van der Waals surface area contributed by atoms with Crippen molar-refractivity contribution in [2.75, 3.05) is 0 Å². The molecule has 7 nitrogen and oxygen atoms in total. The van der Waals surface area contributed by atoms with Gasteiger partial charge in [-0.2, -0.15) is 5.10 Å². The molecule has 18 heavy (non-hydrogen) atoms. The van der Waals surface area contributed by atoms with Gasteiger partial charge < -0.3 is 5.11 Å². The summed E-state index contributed by atoms with van der Waals surface area (Å²) in [5, 5.41) is 25.7. The second-order valence-corrected chi connectivity index (χ2v) is 3.67. The molecule has 1 aromatic heterocycles. The highest BCUT2D eigenvalue weighted by molar-refractivity contribution is 5.88. The minimum absolute atomic E-state index is 0.00168. The highest BCUT2D eigenvalue weighted by Crippen LogP contribution is 2.16. The van der Waals surface area contributed by atoms with Crippen molar-refractivity contribution < 1.29 is 14.8 Å². The van der Waals surface area contributed by atoms with Crippen LogP contribution < -0.4 is 0 Å². The number of benzene rings is 1. The average molecular weight is 247 g/mol. The number of aromatic nitrogens is 2. The Kier molecular flexibility index (Phi) is 3.05. The van der Waals surface area contributed by atoms with Crippen LogP contribution in [0.15, 0.2) is 30.5 Å². The molecule has 0 aliphatic heterocycles. The van der Waals surface area contributed by atoms with E-state index in [1.165, 1.54) is 18.3 Å². The van der Waals surface area contributed by atoms with Crippen LogP contribution in [0.3, 0.4) is 0 Å². The maximum absolute atomic E-state index is 10.9. The normalized spacial score (nSPS) is 10.2. The molecule has 0 saturated heterocycles. The van der Waals surface area contributed by atoms with E-state index in [1.54, 1.807) is 12.1 Å². The van der Waals surface area contributed by atoms with E-state index in [2.05, 4.69) is 10.2 Å². The predicted octanol–water partition coefficient (Wildman–Crippen LogP) is 1.61. The molecule has 0 aliphatic rings. The minimum atomic E-state index is -1.05. The number of nitro groups is 1. The third-order valence-electron chi connectivity index (χ3n) is 2.48. The first kappa shape index (κ1) is 11.8. The molecule has 2 N–H and O–H groups in total. The monoisotopic (exact) mass is 247 g/mol. The largest absolute Gasteiger partial charge is 0.478 e. The Morgan fingerprint density at radius 3 is 2.61 bits per heavy atom. The number of aromatic carboxylic acids is 1. The summed E-state index contributed by atoms with van der Waals surface area (Å²) >= 11 is 0. The molecule has 0 bridgehead atoms. The van der Waals surface area contributed by atoms with Crippen molar-refractivity contribution in [1.82, 2.24) is 10.2 Å². The second-order valence-electron chi connectivity index (χ2n) is 3.67. The molecule has 0 saturated carbocycles. The third kappa shape index (κ3) is 2.34. The maximum atomic E-state index is 10.9. The third-order valence-corrected chi connectivity index (χ3v) is 2.48. The van der Waals surface area contributed by atoms with Crippen LogP contribution in [0.2, 0.25) is 0 Å². The average Bonchev–Trinajstić information content (AvgIpc) is 2.78. The Morgan fingerprint density at radius 2 is 2.06 bits per heavy atom. The molecule has 2 rings (SSSR count). The number of aromatic amines is 1. The molecule has 7 heteroatoms. The summed E-state index contributed by atoms with van der Waals surface area (Å²) in [6, 6.07) is 5.94. The number of carboxylic acid groups (broad SMARTS) is 1. The van der Waals surface area contributed by atoms with Crippen molar-refractivity contribution in [3.05, 3.63) is 57.4 Å². The van der Waals surface area contributed by atoms with Crippen LogP contribution in [-0.4, -0.2) is 26.2 Å². The Hall–Kier alpha value is -2.70. The van der Waals surface area contributed by atoms with Gasteiger partial charge >= 0.3 is 5.97 Å². The van der Waals surface area contributed by atoms with Gasteiger partial charge in [0.25, 0.3) is 5.69 Å². The molecule has 0 spiro atoms. The number of hydrogen-bond donors (Lipinski definition) is 2. The summed E-state index contributed by atoms with van der Waals surface area (Å²) in [7, 11) is 0. The van der Waals surface area contributed by atoms with Crippen LogP contribution in [0.1, 0.15) is 21.6 Å². The number of nitro benzene ring substituents is 1. The lowest BCUT2D eigenvalue weighted by Crippen LogP contribution is -2.01. The first-order valence-corrected chi connectivity index (χ1v) is 5.07. The molecule has 1 aromatic carbocycles. The van der Waals surface area contributed by atoms with E-state index in [4.69, 9.17) is 5.11 Å². The molecule has 0 radical (unpaired) electrons. The van der Waals surface area contributed by atoms with Gasteiger partial charge in [0.2, 0.25) is 0 Å². The van der Waals surface area contributed by atoms with E-state index >= 15 is 0 Å². The Morgan fingerprint density at radius 1 is 1.39 bits per heavy atom. The van der Waals surface area contributed by atoms with E-state index in [0.29, 0.717) is 12.1 Å². The number of nitrogens with zero attached hydrogens (tertiary/aromatic N) is 2. The fourth-order valence-corrected chi connectivity index (χ4v) is 1.57. The summed E-state index contributed by atoms with van der Waals surface area (Å²) in [5.41, 5.74) is 1.35. The number of nitrogens with one attached hydrogen (secondary N) is 1. The smallest absolute Gasteiger partial charge is 0.339 e. The summed E-state index contributed by atoms with van der Waals surface area (Å²) < 4.78 is 0. The molecule has 0 unspecified atom stereocenters. The van der Waals surface area contributed by atoms with E-state index in [9.17, 15) is 14.9 Å². The first-order valence-electron chi connectivity index (χ1n) is 5.07. The highest BCUT2D eigenvalue weighted by Gasteiger charge is 2.13. The molecular weight excluding hydrogens is 238 g/mol. The summed E-state index contributed by atoms with van der Waals surface area (Å²) in [6.07, 6.45) is 1.57. The maximum Gasteiger partial charge on any atom is 0.339 e. The van der Waals surface area contributed by atoms with Gasteiger partial charge in [-0.25, -0.2) is 4.79 Å². The molecule has 0 amide bonds. The van der Waals surface area contributed by atoms with Gasteiger partial charge in [-0.15, -0.1) is 0 Å². The van der Waals surface area contributed by atoms with Crippen LogP contribution in [0.25, 0.3) is 0 Å². The van der Waals surface area contributed by atoms with Crippen molar-refractivity contribution in [1.29, 1.82) is 0 Å². The fourth-order valence-electron chi connectivity index (χ4n) is 1.57. The van der Waals surface area contributed by atoms with E-state index < -0.39 is 10.9 Å². The van der Waals surface area contributed by atoms with Crippen LogP contribution in [-0.2, 0) is 6.42 Å². The van der Waals surface area contributed by atoms with Gasteiger partial charge in [-0.1, -0.05) is 12.1 Å². The molecule has 2 aromatic rings. The lowest BCUT2D eigenvalue weighted by molar-refractivity contribution is -0.384. The molecule has 0 fully saturated rings. The number of H-pyrrole nitrogens is 1. The Balaban J connectivity index is 2.21. The molecule has 0 aliphatic carbocycles. The summed E-state index contributed by atoms with van der Waals surface area (Å²) in [5.74, 6) is -1.05. The number of carbonyl (C=O) groups is 1. The molecule has 92 valence electrons. The summed E-state index contributed by atoms with van der Waals surface area (Å²) in [6.45, 7) is 0. The second kappa shape index (κ2) is 4.66. The zero-order valence-electron chi connectivity index (χ0n) is 9.16. The zero-order chi connectivity index (χ0) is 13.1. The number of non-ortho nitro benzene ring substituents is 1. The molecule has 0 atom stereocenters. The van der Waals surface area contributed by atoms with Crippen molar-refractivity contribution in [3.63, 3.8) is 0 Å². The van der Waals surface area contributed by atoms with Crippen molar-refractivity contribution in [3.8, 4) is 0 Å².